The maximum absolute atomic E-state index is 2.45. The molecule has 0 fully saturated rings. The number of benzene rings is 9. The van der Waals surface area contributed by atoms with Crippen LogP contribution in [0.5, 0.6) is 0 Å². The summed E-state index contributed by atoms with van der Waals surface area (Å²) in [6, 6.07) is 68.1. The lowest BCUT2D eigenvalue weighted by Crippen LogP contribution is -2.17. The van der Waals surface area contributed by atoms with Gasteiger partial charge < -0.3 is 9.80 Å². The zero-order chi connectivity index (χ0) is 42.3. The highest BCUT2D eigenvalue weighted by Gasteiger charge is 2.38. The molecule has 1 aliphatic carbocycles. The Balaban J connectivity index is 1.08. The third-order valence-electron chi connectivity index (χ3n) is 13.1. The van der Waals surface area contributed by atoms with Crippen molar-refractivity contribution in [3.8, 4) is 11.1 Å². The van der Waals surface area contributed by atoms with Crippen LogP contribution in [0.25, 0.3) is 43.4 Å². The van der Waals surface area contributed by atoms with Gasteiger partial charge in [0.1, 0.15) is 0 Å². The van der Waals surface area contributed by atoms with Crippen molar-refractivity contribution in [2.24, 2.45) is 0 Å². The molecule has 0 unspecified atom stereocenters. The Morgan fingerprint density at radius 1 is 0.344 bits per heavy atom. The lowest BCUT2D eigenvalue weighted by atomic mass is 9.80. The third-order valence-corrected chi connectivity index (χ3v) is 13.1. The van der Waals surface area contributed by atoms with Gasteiger partial charge in [-0.05, 0) is 149 Å². The molecule has 2 nitrogen and oxygen atoms in total. The van der Waals surface area contributed by atoms with Crippen LogP contribution in [-0.2, 0) is 16.2 Å². The number of fused-ring (bicyclic) bond motifs is 7. The summed E-state index contributed by atoms with van der Waals surface area (Å²) in [5.41, 5.74) is 14.9. The fourth-order valence-electron chi connectivity index (χ4n) is 9.66. The molecular formula is C59H54N2. The minimum Gasteiger partial charge on any atom is -0.310 e. The molecule has 0 radical (unpaired) electrons. The van der Waals surface area contributed by atoms with Crippen molar-refractivity contribution in [1.82, 2.24) is 0 Å². The molecule has 10 rings (SSSR count). The molecule has 9 aromatic rings. The lowest BCUT2D eigenvalue weighted by Gasteiger charge is -2.29. The van der Waals surface area contributed by atoms with E-state index in [0.29, 0.717) is 0 Å². The van der Waals surface area contributed by atoms with Crippen molar-refractivity contribution in [2.45, 2.75) is 71.6 Å². The smallest absolute Gasteiger partial charge is 0.0468 e. The van der Waals surface area contributed by atoms with Crippen LogP contribution >= 0.6 is 0 Å². The van der Waals surface area contributed by atoms with Gasteiger partial charge in [0.05, 0.1) is 0 Å². The fraction of sp³-hybridized carbons (Fsp3) is 0.186. The number of rotatable bonds is 6. The van der Waals surface area contributed by atoms with E-state index in [4.69, 9.17) is 0 Å². The van der Waals surface area contributed by atoms with Gasteiger partial charge in [-0.25, -0.2) is 0 Å². The second-order valence-corrected chi connectivity index (χ2v) is 19.6. The molecule has 61 heavy (non-hydrogen) atoms. The van der Waals surface area contributed by atoms with E-state index >= 15 is 0 Å². The largest absolute Gasteiger partial charge is 0.310 e. The Morgan fingerprint density at radius 2 is 0.721 bits per heavy atom. The predicted octanol–water partition coefficient (Wildman–Crippen LogP) is 17.0. The first-order valence-corrected chi connectivity index (χ1v) is 21.8. The van der Waals surface area contributed by atoms with Gasteiger partial charge in [0.2, 0.25) is 0 Å². The quantitative estimate of drug-likeness (QED) is 0.166. The Bertz CT molecular complexity index is 3120. The van der Waals surface area contributed by atoms with Gasteiger partial charge >= 0.3 is 0 Å². The van der Waals surface area contributed by atoms with Crippen LogP contribution in [0.3, 0.4) is 0 Å². The van der Waals surface area contributed by atoms with Crippen molar-refractivity contribution >= 4 is 66.4 Å². The summed E-state index contributed by atoms with van der Waals surface area (Å²) < 4.78 is 0. The second kappa shape index (κ2) is 14.2. The summed E-state index contributed by atoms with van der Waals surface area (Å²) in [5.74, 6) is 0. The maximum atomic E-state index is 2.45. The van der Waals surface area contributed by atoms with E-state index in [2.05, 4.69) is 247 Å². The molecule has 0 saturated carbocycles. The first-order valence-electron chi connectivity index (χ1n) is 21.8. The van der Waals surface area contributed by atoms with E-state index in [0.717, 1.165) is 34.1 Å². The van der Waals surface area contributed by atoms with E-state index in [1.54, 1.807) is 0 Å². The predicted molar refractivity (Wildman–Crippen MR) is 263 cm³/mol. The van der Waals surface area contributed by atoms with E-state index in [-0.39, 0.29) is 16.2 Å². The van der Waals surface area contributed by atoms with Gasteiger partial charge in [-0.15, -0.1) is 0 Å². The molecular weight excluding hydrogens is 737 g/mol. The van der Waals surface area contributed by atoms with Gasteiger partial charge in [0, 0.05) is 39.5 Å². The Labute approximate surface area is 361 Å². The molecule has 2 heteroatoms. The standard InChI is InChI=1S/C59H54N2/c1-57(2,3)44-20-26-46(27-21-44)60(48-24-17-39-13-9-11-15-41(39)35-48)50-30-33-52-43(37-50)19-32-54-53-34-31-51(38-55(53)59(7,8)56(52)54)61(47-28-22-45(23-29-47)58(4,5)6)49-25-18-40-14-10-12-16-42(40)36-49/h9-38H,1-8H3. The zero-order valence-electron chi connectivity index (χ0n) is 36.7. The normalized spacial score (nSPS) is 13.4. The van der Waals surface area contributed by atoms with Gasteiger partial charge in [0.25, 0.3) is 0 Å². The molecule has 0 spiro atoms. The van der Waals surface area contributed by atoms with Gasteiger partial charge in [-0.3, -0.25) is 0 Å². The fourth-order valence-corrected chi connectivity index (χ4v) is 9.66. The molecule has 0 heterocycles. The van der Waals surface area contributed by atoms with E-state index in [9.17, 15) is 0 Å². The Morgan fingerprint density at radius 3 is 1.21 bits per heavy atom. The molecule has 1 aliphatic rings. The zero-order valence-corrected chi connectivity index (χ0v) is 36.7. The summed E-state index contributed by atoms with van der Waals surface area (Å²) in [6.07, 6.45) is 0. The van der Waals surface area contributed by atoms with Crippen LogP contribution < -0.4 is 9.80 Å². The SMILES string of the molecule is CC(C)(C)c1ccc(N(c2ccc3c(c2)C(C)(C)c2c-3ccc3cc(N(c4ccc(C(C)(C)C)cc4)c4ccc5ccccc5c4)ccc23)c2ccc3ccccc3c2)cc1. The molecule has 0 amide bonds. The maximum Gasteiger partial charge on any atom is 0.0468 e. The summed E-state index contributed by atoms with van der Waals surface area (Å²) in [6.45, 7) is 18.5. The summed E-state index contributed by atoms with van der Waals surface area (Å²) >= 11 is 0. The highest BCUT2D eigenvalue weighted by atomic mass is 15.1. The highest BCUT2D eigenvalue weighted by Crippen LogP contribution is 2.53. The van der Waals surface area contributed by atoms with Crippen molar-refractivity contribution in [3.63, 3.8) is 0 Å². The lowest BCUT2D eigenvalue weighted by molar-refractivity contribution is 0.590. The average Bonchev–Trinajstić information content (AvgIpc) is 3.49. The van der Waals surface area contributed by atoms with Crippen LogP contribution in [0.2, 0.25) is 0 Å². The molecule has 0 N–H and O–H groups in total. The van der Waals surface area contributed by atoms with Crippen LogP contribution in [0, 0.1) is 0 Å². The van der Waals surface area contributed by atoms with E-state index in [1.165, 1.54) is 65.7 Å². The highest BCUT2D eigenvalue weighted by molar-refractivity contribution is 6.01. The molecule has 0 bridgehead atoms. The van der Waals surface area contributed by atoms with Crippen molar-refractivity contribution in [2.75, 3.05) is 9.80 Å². The monoisotopic (exact) mass is 790 g/mol. The topological polar surface area (TPSA) is 6.48 Å². The van der Waals surface area contributed by atoms with Crippen LogP contribution in [0.1, 0.15) is 77.6 Å². The summed E-state index contributed by atoms with van der Waals surface area (Å²) in [5, 5.41) is 7.49. The molecule has 0 aromatic heterocycles. The third kappa shape index (κ3) is 6.75. The minimum atomic E-state index is -0.229. The van der Waals surface area contributed by atoms with Gasteiger partial charge in [-0.2, -0.15) is 0 Å². The van der Waals surface area contributed by atoms with Crippen molar-refractivity contribution < 1.29 is 0 Å². The van der Waals surface area contributed by atoms with Gasteiger partial charge in [0.15, 0.2) is 0 Å². The van der Waals surface area contributed by atoms with E-state index < -0.39 is 0 Å². The number of hydrogen-bond donors (Lipinski definition) is 0. The molecule has 9 aromatic carbocycles. The van der Waals surface area contributed by atoms with Crippen LogP contribution in [-0.4, -0.2) is 0 Å². The first kappa shape index (κ1) is 38.6. The van der Waals surface area contributed by atoms with Crippen LogP contribution in [0.15, 0.2) is 182 Å². The van der Waals surface area contributed by atoms with Crippen LogP contribution in [0.4, 0.5) is 34.1 Å². The first-order chi connectivity index (χ1) is 29.2. The second-order valence-electron chi connectivity index (χ2n) is 19.6. The van der Waals surface area contributed by atoms with Crippen molar-refractivity contribution in [1.29, 1.82) is 0 Å². The summed E-state index contributed by atoms with van der Waals surface area (Å²) in [7, 11) is 0. The average molecular weight is 791 g/mol. The van der Waals surface area contributed by atoms with Crippen molar-refractivity contribution in [3.05, 3.63) is 204 Å². The number of anilines is 6. The number of hydrogen-bond acceptors (Lipinski definition) is 2. The van der Waals surface area contributed by atoms with E-state index in [1.807, 2.05) is 0 Å². The molecule has 0 atom stereocenters. The number of nitrogens with zero attached hydrogens (tertiary/aromatic N) is 2. The molecule has 0 aliphatic heterocycles. The Hall–Kier alpha value is -6.64. The minimum absolute atomic E-state index is 0.0750. The molecule has 0 saturated heterocycles. The Kier molecular flexibility index (Phi) is 9.00. The van der Waals surface area contributed by atoms with Gasteiger partial charge in [-0.1, -0.05) is 165 Å². The molecule has 300 valence electrons. The summed E-state index contributed by atoms with van der Waals surface area (Å²) in [4.78, 5) is 4.84.